The van der Waals surface area contributed by atoms with E-state index < -0.39 is 0 Å². The van der Waals surface area contributed by atoms with Crippen LogP contribution in [0.25, 0.3) is 22.3 Å². The number of nitro groups is 1. The molecule has 4 aromatic rings. The van der Waals surface area contributed by atoms with Crippen molar-refractivity contribution in [2.75, 3.05) is 6.54 Å². The first-order valence-electron chi connectivity index (χ1n) is 9.25. The van der Waals surface area contributed by atoms with Gasteiger partial charge in [0.15, 0.2) is 5.82 Å². The topological polar surface area (TPSA) is 114 Å². The Morgan fingerprint density at radius 3 is 2.90 bits per heavy atom. The van der Waals surface area contributed by atoms with Gasteiger partial charge in [0.25, 0.3) is 5.69 Å². The van der Waals surface area contributed by atoms with E-state index in [1.54, 1.807) is 24.5 Å². The van der Waals surface area contributed by atoms with Crippen molar-refractivity contribution in [3.8, 4) is 11.4 Å². The molecule has 0 aliphatic carbocycles. The lowest BCUT2D eigenvalue weighted by Crippen LogP contribution is -2.30. The van der Waals surface area contributed by atoms with Gasteiger partial charge in [-0.2, -0.15) is 0 Å². The predicted molar refractivity (Wildman–Crippen MR) is 106 cm³/mol. The summed E-state index contributed by atoms with van der Waals surface area (Å²) in [5, 5.41) is 12.1. The van der Waals surface area contributed by atoms with Gasteiger partial charge >= 0.3 is 0 Å². The van der Waals surface area contributed by atoms with Gasteiger partial charge in [-0.3, -0.25) is 15.0 Å². The van der Waals surface area contributed by atoms with Gasteiger partial charge in [0, 0.05) is 62.5 Å². The molecule has 5 rings (SSSR count). The quantitative estimate of drug-likeness (QED) is 0.423. The van der Waals surface area contributed by atoms with Crippen LogP contribution < -0.4 is 0 Å². The smallest absolute Gasteiger partial charge is 0.279 e. The maximum atomic E-state index is 11.4. The Morgan fingerprint density at radius 1 is 1.21 bits per heavy atom. The second kappa shape index (κ2) is 7.02. The third kappa shape index (κ3) is 3.21. The molecular weight excluding hydrogens is 370 g/mol. The van der Waals surface area contributed by atoms with E-state index in [0.29, 0.717) is 24.3 Å². The number of H-pyrrole nitrogens is 1. The lowest BCUT2D eigenvalue weighted by Gasteiger charge is -2.27. The number of fused-ring (bicyclic) bond motifs is 2. The van der Waals surface area contributed by atoms with Crippen LogP contribution in [0.1, 0.15) is 16.8 Å². The summed E-state index contributed by atoms with van der Waals surface area (Å²) in [6, 6.07) is 5.11. The molecule has 0 spiro atoms. The number of hydrogen-bond acceptors (Lipinski definition) is 7. The summed E-state index contributed by atoms with van der Waals surface area (Å²) in [6.07, 6.45) is 9.40. The van der Waals surface area contributed by atoms with Crippen molar-refractivity contribution in [2.45, 2.75) is 19.5 Å². The van der Waals surface area contributed by atoms with Gasteiger partial charge < -0.3 is 4.98 Å². The standard InChI is InChI=1S/C20H17N7O2/c28-27(29)18-3-1-2-17-19(18)15(9-23-17)11-26-5-4-16-14(10-26)8-24-20(25-16)13-6-21-12-22-7-13/h1-3,6-9,12,23H,4-5,10-11H2. The Bertz CT molecular complexity index is 1210. The van der Waals surface area contributed by atoms with Crippen molar-refractivity contribution in [3.05, 3.63) is 76.2 Å². The molecule has 1 N–H and O–H groups in total. The Hall–Kier alpha value is -3.72. The maximum absolute atomic E-state index is 11.4. The van der Waals surface area contributed by atoms with Gasteiger partial charge in [-0.1, -0.05) is 6.07 Å². The molecule has 0 unspecified atom stereocenters. The van der Waals surface area contributed by atoms with Crippen LogP contribution in [0, 0.1) is 10.1 Å². The van der Waals surface area contributed by atoms with Crippen molar-refractivity contribution in [1.82, 2.24) is 29.8 Å². The zero-order valence-corrected chi connectivity index (χ0v) is 15.4. The average Bonchev–Trinajstić information content (AvgIpc) is 3.17. The van der Waals surface area contributed by atoms with Crippen LogP contribution in [-0.2, 0) is 19.5 Å². The number of nitro benzene ring substituents is 1. The molecule has 0 fully saturated rings. The Kier molecular flexibility index (Phi) is 4.21. The fourth-order valence-corrected chi connectivity index (χ4v) is 3.82. The van der Waals surface area contributed by atoms with Crippen molar-refractivity contribution >= 4 is 16.6 Å². The molecule has 9 nitrogen and oxygen atoms in total. The first-order valence-corrected chi connectivity index (χ1v) is 9.25. The minimum atomic E-state index is -0.326. The molecule has 29 heavy (non-hydrogen) atoms. The van der Waals surface area contributed by atoms with Crippen LogP contribution in [0.2, 0.25) is 0 Å². The van der Waals surface area contributed by atoms with Crippen LogP contribution in [0.15, 0.2) is 49.3 Å². The lowest BCUT2D eigenvalue weighted by molar-refractivity contribution is -0.383. The van der Waals surface area contributed by atoms with Crippen molar-refractivity contribution in [3.63, 3.8) is 0 Å². The summed E-state index contributed by atoms with van der Waals surface area (Å²) >= 11 is 0. The largest absolute Gasteiger partial charge is 0.361 e. The molecule has 1 aromatic carbocycles. The number of benzene rings is 1. The highest BCUT2D eigenvalue weighted by Crippen LogP contribution is 2.30. The van der Waals surface area contributed by atoms with Crippen LogP contribution >= 0.6 is 0 Å². The summed E-state index contributed by atoms with van der Waals surface area (Å²) in [5.74, 6) is 0.630. The van der Waals surface area contributed by atoms with Crippen molar-refractivity contribution in [2.24, 2.45) is 0 Å². The van der Waals surface area contributed by atoms with Gasteiger partial charge in [-0.05, 0) is 11.6 Å². The molecule has 4 heterocycles. The number of aromatic nitrogens is 5. The minimum Gasteiger partial charge on any atom is -0.361 e. The Labute approximate surface area is 165 Å². The number of hydrogen-bond donors (Lipinski definition) is 1. The second-order valence-electron chi connectivity index (χ2n) is 7.02. The molecular formula is C20H17N7O2. The lowest BCUT2D eigenvalue weighted by atomic mass is 10.1. The zero-order chi connectivity index (χ0) is 19.8. The number of non-ortho nitro benzene ring substituents is 1. The van der Waals surface area contributed by atoms with Crippen LogP contribution in [-0.4, -0.2) is 41.3 Å². The molecule has 9 heteroatoms. The Morgan fingerprint density at radius 2 is 2.07 bits per heavy atom. The normalized spacial score (nSPS) is 14.1. The molecule has 0 radical (unpaired) electrons. The van der Waals surface area contributed by atoms with Crippen LogP contribution in [0.3, 0.4) is 0 Å². The van der Waals surface area contributed by atoms with E-state index in [-0.39, 0.29) is 10.6 Å². The van der Waals surface area contributed by atoms with Crippen molar-refractivity contribution in [1.29, 1.82) is 0 Å². The first kappa shape index (κ1) is 17.4. The molecule has 144 valence electrons. The van der Waals surface area contributed by atoms with Crippen molar-refractivity contribution < 1.29 is 4.92 Å². The number of nitrogens with zero attached hydrogens (tertiary/aromatic N) is 6. The minimum absolute atomic E-state index is 0.134. The first-order chi connectivity index (χ1) is 14.2. The van der Waals surface area contributed by atoms with Crippen LogP contribution in [0.4, 0.5) is 5.69 Å². The summed E-state index contributed by atoms with van der Waals surface area (Å²) < 4.78 is 0. The molecule has 3 aromatic heterocycles. The fraction of sp³-hybridized carbons (Fsp3) is 0.200. The maximum Gasteiger partial charge on any atom is 0.279 e. The van der Waals surface area contributed by atoms with E-state index in [4.69, 9.17) is 0 Å². The highest BCUT2D eigenvalue weighted by atomic mass is 16.6. The molecule has 1 aliphatic rings. The van der Waals surface area contributed by atoms with E-state index in [0.717, 1.165) is 40.9 Å². The van der Waals surface area contributed by atoms with Gasteiger partial charge in [-0.25, -0.2) is 19.9 Å². The van der Waals surface area contributed by atoms with E-state index >= 15 is 0 Å². The van der Waals surface area contributed by atoms with Gasteiger partial charge in [0.05, 0.1) is 27.1 Å². The monoisotopic (exact) mass is 387 g/mol. The number of nitrogens with one attached hydrogen (secondary N) is 1. The van der Waals surface area contributed by atoms with Gasteiger partial charge in [-0.15, -0.1) is 0 Å². The Balaban J connectivity index is 1.40. The fourth-order valence-electron chi connectivity index (χ4n) is 3.82. The van der Waals surface area contributed by atoms with E-state index in [2.05, 4.69) is 29.8 Å². The SMILES string of the molecule is O=[N+]([O-])c1cccc2[nH]cc(CN3CCc4nc(-c5cncnc5)ncc4C3)c12. The molecule has 0 amide bonds. The third-order valence-electron chi connectivity index (χ3n) is 5.19. The average molecular weight is 387 g/mol. The highest BCUT2D eigenvalue weighted by Gasteiger charge is 2.22. The van der Waals surface area contributed by atoms with Crippen LogP contribution in [0.5, 0.6) is 0 Å². The molecule has 0 saturated carbocycles. The van der Waals surface area contributed by atoms with E-state index in [1.165, 1.54) is 6.33 Å². The highest BCUT2D eigenvalue weighted by molar-refractivity contribution is 5.91. The van der Waals surface area contributed by atoms with E-state index in [9.17, 15) is 10.1 Å². The summed E-state index contributed by atoms with van der Waals surface area (Å²) in [5.41, 5.74) is 4.74. The van der Waals surface area contributed by atoms with Gasteiger partial charge in [0.2, 0.25) is 0 Å². The number of rotatable bonds is 4. The molecule has 1 aliphatic heterocycles. The van der Waals surface area contributed by atoms with Gasteiger partial charge in [0.1, 0.15) is 6.33 Å². The molecule has 0 bridgehead atoms. The predicted octanol–water partition coefficient (Wildman–Crippen LogP) is 2.88. The van der Waals surface area contributed by atoms with E-state index in [1.807, 2.05) is 18.5 Å². The third-order valence-corrected chi connectivity index (χ3v) is 5.19. The summed E-state index contributed by atoms with van der Waals surface area (Å²) in [7, 11) is 0. The summed E-state index contributed by atoms with van der Waals surface area (Å²) in [4.78, 5) is 33.7. The molecule has 0 atom stereocenters. The second-order valence-corrected chi connectivity index (χ2v) is 7.02. The summed E-state index contributed by atoms with van der Waals surface area (Å²) in [6.45, 7) is 2.15. The number of aromatic amines is 1. The molecule has 0 saturated heterocycles. The zero-order valence-electron chi connectivity index (χ0n) is 15.4.